The Morgan fingerprint density at radius 1 is 1.19 bits per heavy atom. The van der Waals surface area contributed by atoms with Crippen molar-refractivity contribution in [2.45, 2.75) is 25.9 Å². The summed E-state index contributed by atoms with van der Waals surface area (Å²) in [5.41, 5.74) is 11.1. The normalized spacial score (nSPS) is 18.8. The molecule has 1 fully saturated rings. The van der Waals surface area contributed by atoms with Crippen LogP contribution in [0, 0.1) is 5.92 Å². The van der Waals surface area contributed by atoms with Gasteiger partial charge in [0.05, 0.1) is 30.7 Å². The van der Waals surface area contributed by atoms with E-state index in [0.717, 1.165) is 40.9 Å². The van der Waals surface area contributed by atoms with Crippen LogP contribution in [0.2, 0.25) is 0 Å². The minimum Gasteiger partial charge on any atom is -0.335 e. The van der Waals surface area contributed by atoms with E-state index in [1.807, 2.05) is 34.0 Å². The Labute approximate surface area is 156 Å². The topological polar surface area (TPSA) is 93.6 Å². The van der Waals surface area contributed by atoms with Crippen molar-refractivity contribution in [1.82, 2.24) is 14.7 Å². The summed E-state index contributed by atoms with van der Waals surface area (Å²) in [6.07, 6.45) is 3.88. The van der Waals surface area contributed by atoms with Gasteiger partial charge in [0, 0.05) is 35.7 Å². The van der Waals surface area contributed by atoms with Crippen LogP contribution in [-0.2, 0) is 17.9 Å². The number of fused-ring (bicyclic) bond motifs is 2. The molecule has 5 rings (SSSR count). The van der Waals surface area contributed by atoms with Gasteiger partial charge >= 0.3 is 0 Å². The van der Waals surface area contributed by atoms with Crippen molar-refractivity contribution >= 4 is 17.4 Å². The lowest BCUT2D eigenvalue weighted by Crippen LogP contribution is -2.39. The molecule has 0 atom stereocenters. The van der Waals surface area contributed by atoms with Gasteiger partial charge in [-0.15, -0.1) is 0 Å². The Morgan fingerprint density at radius 3 is 2.81 bits per heavy atom. The quantitative estimate of drug-likeness (QED) is 0.888. The molecule has 0 saturated heterocycles. The highest BCUT2D eigenvalue weighted by Gasteiger charge is 2.35. The zero-order chi connectivity index (χ0) is 18.5. The number of benzene rings is 1. The molecule has 3 heterocycles. The molecule has 7 heteroatoms. The van der Waals surface area contributed by atoms with Crippen molar-refractivity contribution < 1.29 is 9.59 Å². The van der Waals surface area contributed by atoms with Crippen LogP contribution in [0.3, 0.4) is 0 Å². The zero-order valence-electron chi connectivity index (χ0n) is 15.0. The maximum absolute atomic E-state index is 12.5. The summed E-state index contributed by atoms with van der Waals surface area (Å²) in [6, 6.07) is 5.80. The van der Waals surface area contributed by atoms with Crippen LogP contribution < -0.4 is 5.73 Å². The lowest BCUT2D eigenvalue weighted by atomic mass is 9.92. The summed E-state index contributed by atoms with van der Waals surface area (Å²) in [5, 5.41) is 4.51. The van der Waals surface area contributed by atoms with Crippen LogP contribution in [0.25, 0.3) is 11.1 Å². The first-order valence-corrected chi connectivity index (χ1v) is 9.40. The number of Topliss-reactive ketones (excluding diaryl/α,β-unsaturated/α-hetero) is 1. The van der Waals surface area contributed by atoms with Gasteiger partial charge in [-0.1, -0.05) is 12.1 Å². The third-order valence-electron chi connectivity index (χ3n) is 5.66. The minimum atomic E-state index is 0.0204. The number of nitrogens with two attached hydrogens (primary N) is 1. The fraction of sp³-hybridized carbons (Fsp3) is 0.400. The Bertz CT molecular complexity index is 986. The number of hydrogen-bond donors (Lipinski definition) is 1. The molecular weight excluding hydrogens is 342 g/mol. The summed E-state index contributed by atoms with van der Waals surface area (Å²) in [5.74, 6) is 0.509. The predicted molar refractivity (Wildman–Crippen MR) is 101 cm³/mol. The molecule has 0 bridgehead atoms. The van der Waals surface area contributed by atoms with Crippen LogP contribution in [0.1, 0.15) is 34.5 Å². The molecule has 0 spiro atoms. The number of aliphatic imine (C=N–C) groups is 1. The van der Waals surface area contributed by atoms with E-state index < -0.39 is 0 Å². The molecule has 27 heavy (non-hydrogen) atoms. The van der Waals surface area contributed by atoms with Crippen LogP contribution in [0.4, 0.5) is 0 Å². The molecule has 2 N–H and O–H groups in total. The fourth-order valence-corrected chi connectivity index (χ4v) is 3.97. The lowest BCUT2D eigenvalue weighted by Gasteiger charge is -2.28. The number of nitrogens with zero attached hydrogens (tertiary/aromatic N) is 4. The molecule has 1 aromatic carbocycles. The molecule has 2 aromatic rings. The van der Waals surface area contributed by atoms with Crippen molar-refractivity contribution in [3.8, 4) is 11.1 Å². The number of carbonyl (C=O) groups excluding carboxylic acids is 2. The number of aromatic nitrogens is 2. The Hall–Kier alpha value is -2.80. The maximum atomic E-state index is 12.5. The van der Waals surface area contributed by atoms with Crippen LogP contribution in [-0.4, -0.2) is 51.7 Å². The summed E-state index contributed by atoms with van der Waals surface area (Å²) in [4.78, 5) is 30.9. The average Bonchev–Trinajstić information content (AvgIpc) is 3.46. The summed E-state index contributed by atoms with van der Waals surface area (Å²) >= 11 is 0. The van der Waals surface area contributed by atoms with Gasteiger partial charge in [-0.2, -0.15) is 5.10 Å². The summed E-state index contributed by atoms with van der Waals surface area (Å²) < 4.78 is 1.98. The van der Waals surface area contributed by atoms with E-state index in [-0.39, 0.29) is 24.2 Å². The zero-order valence-corrected chi connectivity index (χ0v) is 15.0. The van der Waals surface area contributed by atoms with Crippen LogP contribution in [0.5, 0.6) is 0 Å². The van der Waals surface area contributed by atoms with E-state index in [9.17, 15) is 9.59 Å². The second kappa shape index (κ2) is 6.13. The first kappa shape index (κ1) is 16.4. The van der Waals surface area contributed by atoms with E-state index in [1.165, 1.54) is 0 Å². The number of rotatable bonds is 3. The summed E-state index contributed by atoms with van der Waals surface area (Å²) in [6.45, 7) is 2.48. The smallest absolute Gasteiger partial charge is 0.226 e. The second-order valence-corrected chi connectivity index (χ2v) is 7.41. The average molecular weight is 363 g/mol. The number of amides is 1. The molecule has 2 aliphatic heterocycles. The molecule has 0 unspecified atom stereocenters. The van der Waals surface area contributed by atoms with E-state index in [4.69, 9.17) is 5.73 Å². The van der Waals surface area contributed by atoms with Gasteiger partial charge in [0.25, 0.3) is 0 Å². The maximum Gasteiger partial charge on any atom is 0.226 e. The molecule has 138 valence electrons. The van der Waals surface area contributed by atoms with Gasteiger partial charge < -0.3 is 10.6 Å². The van der Waals surface area contributed by atoms with Crippen LogP contribution in [0.15, 0.2) is 29.4 Å². The third-order valence-corrected chi connectivity index (χ3v) is 5.66. The van der Waals surface area contributed by atoms with Crippen LogP contribution >= 0.6 is 0 Å². The molecule has 1 amide bonds. The van der Waals surface area contributed by atoms with Gasteiger partial charge in [-0.05, 0) is 24.5 Å². The Morgan fingerprint density at radius 2 is 2.04 bits per heavy atom. The van der Waals surface area contributed by atoms with Gasteiger partial charge in [0.1, 0.15) is 6.54 Å². The first-order chi connectivity index (χ1) is 13.2. The number of hydrogen-bond acceptors (Lipinski definition) is 5. The predicted octanol–water partition coefficient (Wildman–Crippen LogP) is 1.25. The molecule has 0 radical (unpaired) electrons. The lowest BCUT2D eigenvalue weighted by molar-refractivity contribution is -0.134. The highest BCUT2D eigenvalue weighted by atomic mass is 16.2. The Balaban J connectivity index is 1.52. The van der Waals surface area contributed by atoms with E-state index in [1.54, 1.807) is 0 Å². The second-order valence-electron chi connectivity index (χ2n) is 7.41. The SMILES string of the molecule is NCC1=NCC(=O)c2ccc(-c3cnn4c3CN(C(=O)C3CC3)CC4)cc21. The largest absolute Gasteiger partial charge is 0.335 e. The van der Waals surface area contributed by atoms with Crippen molar-refractivity contribution in [2.24, 2.45) is 16.6 Å². The van der Waals surface area contributed by atoms with E-state index in [2.05, 4.69) is 10.1 Å². The number of carbonyl (C=O) groups is 2. The molecule has 1 aromatic heterocycles. The van der Waals surface area contributed by atoms with E-state index in [0.29, 0.717) is 31.7 Å². The van der Waals surface area contributed by atoms with Crippen molar-refractivity contribution in [2.75, 3.05) is 19.6 Å². The van der Waals surface area contributed by atoms with Gasteiger partial charge in [0.15, 0.2) is 5.78 Å². The van der Waals surface area contributed by atoms with E-state index >= 15 is 0 Å². The highest BCUT2D eigenvalue weighted by Crippen LogP contribution is 2.34. The first-order valence-electron chi connectivity index (χ1n) is 9.40. The molecule has 1 saturated carbocycles. The highest BCUT2D eigenvalue weighted by molar-refractivity contribution is 6.16. The molecular formula is C20H21N5O2. The van der Waals surface area contributed by atoms with Crippen molar-refractivity contribution in [3.05, 3.63) is 41.2 Å². The summed E-state index contributed by atoms with van der Waals surface area (Å²) in [7, 11) is 0. The van der Waals surface area contributed by atoms with Gasteiger partial charge in [-0.25, -0.2) is 0 Å². The van der Waals surface area contributed by atoms with Gasteiger partial charge in [0.2, 0.25) is 5.91 Å². The minimum absolute atomic E-state index is 0.0204. The standard InChI is InChI=1S/C20H21N5O2/c21-8-17-15-7-13(3-4-14(15)19(26)10-22-17)16-9-23-25-6-5-24(11-18(16)25)20(27)12-1-2-12/h3-4,7,9,12H,1-2,5-6,8,10-11,21H2. The Kier molecular flexibility index (Phi) is 3.72. The van der Waals surface area contributed by atoms with Crippen molar-refractivity contribution in [3.63, 3.8) is 0 Å². The molecule has 3 aliphatic rings. The molecule has 1 aliphatic carbocycles. The van der Waals surface area contributed by atoms with Gasteiger partial charge in [-0.3, -0.25) is 19.3 Å². The van der Waals surface area contributed by atoms with Crippen molar-refractivity contribution in [1.29, 1.82) is 0 Å². The number of ketones is 1. The fourth-order valence-electron chi connectivity index (χ4n) is 3.97. The monoisotopic (exact) mass is 363 g/mol. The third kappa shape index (κ3) is 2.70. The molecule has 7 nitrogen and oxygen atoms in total.